The fraction of sp³-hybridized carbons (Fsp3) is 0.467. The number of para-hydroxylation sites is 1. The van der Waals surface area contributed by atoms with Crippen molar-refractivity contribution in [3.05, 3.63) is 59.4 Å². The molecule has 2 aliphatic rings. The fourth-order valence-corrected chi connectivity index (χ4v) is 5.91. The predicted octanol–water partition coefficient (Wildman–Crippen LogP) is 5.43. The molecule has 4 rings (SSSR count). The van der Waals surface area contributed by atoms with Gasteiger partial charge >= 0.3 is 6.03 Å². The summed E-state index contributed by atoms with van der Waals surface area (Å²) in [5.74, 6) is -2.43. The van der Waals surface area contributed by atoms with Crippen LogP contribution in [0, 0.1) is 5.82 Å². The minimum atomic E-state index is -1.46. The standard InChI is InChI=1S/C30H37FN4O4/c1-18(2)22-12-9-13-23(19(3)4)26(22)33-27(37)24(17-25(32)36)34-28(38)30(14-6-5-7-15-30)35(29(34)39)21-11-8-10-20(31)16-21/h8-13,16,18-19,24H,5-7,14-15,17H2,1-4H3,(H2,32,36)(H,33,37). The molecular weight excluding hydrogens is 499 g/mol. The molecule has 0 bridgehead atoms. The van der Waals surface area contributed by atoms with Crippen molar-refractivity contribution in [2.45, 2.75) is 89.6 Å². The van der Waals surface area contributed by atoms with E-state index in [1.165, 1.54) is 23.1 Å². The highest BCUT2D eigenvalue weighted by Gasteiger charge is 2.60. The molecule has 1 spiro atoms. The van der Waals surface area contributed by atoms with Gasteiger partial charge in [0.05, 0.1) is 6.42 Å². The van der Waals surface area contributed by atoms with Gasteiger partial charge in [0.15, 0.2) is 0 Å². The van der Waals surface area contributed by atoms with Gasteiger partial charge in [-0.2, -0.15) is 0 Å². The summed E-state index contributed by atoms with van der Waals surface area (Å²) < 4.78 is 14.2. The number of hydrogen-bond donors (Lipinski definition) is 2. The molecule has 208 valence electrons. The van der Waals surface area contributed by atoms with E-state index in [1.54, 1.807) is 6.07 Å². The third-order valence-corrected chi connectivity index (χ3v) is 7.82. The topological polar surface area (TPSA) is 113 Å². The van der Waals surface area contributed by atoms with E-state index in [9.17, 15) is 23.6 Å². The van der Waals surface area contributed by atoms with E-state index >= 15 is 0 Å². The molecule has 2 fully saturated rings. The van der Waals surface area contributed by atoms with Gasteiger partial charge in [-0.05, 0) is 54.0 Å². The van der Waals surface area contributed by atoms with Crippen LogP contribution in [0.15, 0.2) is 42.5 Å². The Bertz CT molecular complexity index is 1260. The van der Waals surface area contributed by atoms with Gasteiger partial charge in [-0.25, -0.2) is 14.1 Å². The van der Waals surface area contributed by atoms with Crippen molar-refractivity contribution < 1.29 is 23.6 Å². The number of amides is 5. The highest BCUT2D eigenvalue weighted by atomic mass is 19.1. The predicted molar refractivity (Wildman–Crippen MR) is 148 cm³/mol. The minimum Gasteiger partial charge on any atom is -0.370 e. The number of anilines is 2. The first-order valence-corrected chi connectivity index (χ1v) is 13.6. The lowest BCUT2D eigenvalue weighted by Gasteiger charge is -2.38. The van der Waals surface area contributed by atoms with Crippen molar-refractivity contribution in [3.8, 4) is 0 Å². The third kappa shape index (κ3) is 5.27. The number of benzene rings is 2. The van der Waals surface area contributed by atoms with Crippen molar-refractivity contribution in [2.75, 3.05) is 10.2 Å². The van der Waals surface area contributed by atoms with Crippen LogP contribution in [-0.2, 0) is 14.4 Å². The molecule has 2 aromatic rings. The number of carbonyl (C=O) groups is 4. The van der Waals surface area contributed by atoms with Crippen molar-refractivity contribution >= 4 is 35.1 Å². The van der Waals surface area contributed by atoms with Gasteiger partial charge in [-0.15, -0.1) is 0 Å². The van der Waals surface area contributed by atoms with Crippen LogP contribution >= 0.6 is 0 Å². The zero-order valence-corrected chi connectivity index (χ0v) is 23.0. The summed E-state index contributed by atoms with van der Waals surface area (Å²) in [4.78, 5) is 56.4. The molecule has 5 amide bonds. The molecule has 1 aliphatic heterocycles. The summed E-state index contributed by atoms with van der Waals surface area (Å²) in [5.41, 5.74) is 6.94. The van der Waals surface area contributed by atoms with E-state index < -0.39 is 47.6 Å². The highest BCUT2D eigenvalue weighted by molar-refractivity contribution is 6.19. The maximum atomic E-state index is 14.2. The van der Waals surface area contributed by atoms with Gasteiger partial charge in [0.2, 0.25) is 11.8 Å². The number of primary amides is 1. The Labute approximate surface area is 228 Å². The normalized spacial score (nSPS) is 17.8. The van der Waals surface area contributed by atoms with Crippen molar-refractivity contribution in [2.24, 2.45) is 5.73 Å². The Morgan fingerprint density at radius 1 is 0.974 bits per heavy atom. The van der Waals surface area contributed by atoms with Crippen LogP contribution in [0.25, 0.3) is 0 Å². The smallest absolute Gasteiger partial charge is 0.332 e. The largest absolute Gasteiger partial charge is 0.370 e. The summed E-state index contributed by atoms with van der Waals surface area (Å²) in [7, 11) is 0. The monoisotopic (exact) mass is 536 g/mol. The van der Waals surface area contributed by atoms with Crippen molar-refractivity contribution in [1.29, 1.82) is 0 Å². The lowest BCUT2D eigenvalue weighted by molar-refractivity contribution is -0.138. The van der Waals surface area contributed by atoms with Crippen LogP contribution in [0.4, 0.5) is 20.6 Å². The van der Waals surface area contributed by atoms with Crippen LogP contribution in [-0.4, -0.2) is 40.2 Å². The average Bonchev–Trinajstić information content (AvgIpc) is 3.07. The molecule has 1 unspecified atom stereocenters. The summed E-state index contributed by atoms with van der Waals surface area (Å²) in [6, 6.07) is 9.08. The molecule has 1 saturated heterocycles. The lowest BCUT2D eigenvalue weighted by atomic mass is 9.80. The van der Waals surface area contributed by atoms with Gasteiger partial charge in [0, 0.05) is 11.4 Å². The van der Waals surface area contributed by atoms with Crippen LogP contribution in [0.2, 0.25) is 0 Å². The van der Waals surface area contributed by atoms with E-state index in [1.807, 2.05) is 45.9 Å². The summed E-state index contributed by atoms with van der Waals surface area (Å²) >= 11 is 0. The molecular formula is C30H37FN4O4. The molecule has 3 N–H and O–H groups in total. The van der Waals surface area contributed by atoms with Crippen molar-refractivity contribution in [3.63, 3.8) is 0 Å². The van der Waals surface area contributed by atoms with Gasteiger partial charge in [0.25, 0.3) is 5.91 Å². The Balaban J connectivity index is 1.79. The Morgan fingerprint density at radius 3 is 2.10 bits per heavy atom. The SMILES string of the molecule is CC(C)c1cccc(C(C)C)c1NC(=O)C(CC(N)=O)N1C(=O)N(c2cccc(F)c2)C2(CCCCC2)C1=O. The fourth-order valence-electron chi connectivity index (χ4n) is 5.91. The van der Waals surface area contributed by atoms with E-state index in [0.717, 1.165) is 22.4 Å². The highest BCUT2D eigenvalue weighted by Crippen LogP contribution is 2.44. The molecule has 1 saturated carbocycles. The molecule has 1 aliphatic carbocycles. The van der Waals surface area contributed by atoms with E-state index in [2.05, 4.69) is 5.32 Å². The second-order valence-corrected chi connectivity index (χ2v) is 11.2. The average molecular weight is 537 g/mol. The molecule has 0 aromatic heterocycles. The van der Waals surface area contributed by atoms with Gasteiger partial charge in [-0.3, -0.25) is 19.3 Å². The summed E-state index contributed by atoms with van der Waals surface area (Å²) in [6.45, 7) is 8.03. The van der Waals surface area contributed by atoms with Crippen molar-refractivity contribution in [1.82, 2.24) is 4.90 Å². The number of urea groups is 1. The number of carbonyl (C=O) groups excluding carboxylic acids is 4. The zero-order chi connectivity index (χ0) is 28.5. The van der Waals surface area contributed by atoms with Crippen LogP contribution in [0.1, 0.15) is 89.2 Å². The van der Waals surface area contributed by atoms with E-state index in [4.69, 9.17) is 5.73 Å². The number of imide groups is 1. The Morgan fingerprint density at radius 2 is 1.56 bits per heavy atom. The first-order valence-electron chi connectivity index (χ1n) is 13.6. The van der Waals surface area contributed by atoms with Gasteiger partial charge in [-0.1, -0.05) is 71.2 Å². The summed E-state index contributed by atoms with van der Waals surface area (Å²) in [6.07, 6.45) is 2.52. The molecule has 1 atom stereocenters. The van der Waals surface area contributed by atoms with Gasteiger partial charge in [0.1, 0.15) is 17.4 Å². The summed E-state index contributed by atoms with van der Waals surface area (Å²) in [5, 5.41) is 2.95. The quantitative estimate of drug-likeness (QED) is 0.438. The number of hydrogen-bond acceptors (Lipinski definition) is 4. The number of rotatable bonds is 8. The van der Waals surface area contributed by atoms with E-state index in [-0.39, 0.29) is 17.5 Å². The number of nitrogens with two attached hydrogens (primary N) is 1. The first-order chi connectivity index (χ1) is 18.5. The van der Waals surface area contributed by atoms with E-state index in [0.29, 0.717) is 31.4 Å². The van der Waals surface area contributed by atoms with Crippen LogP contribution < -0.4 is 16.0 Å². The Hall–Kier alpha value is -3.75. The van der Waals surface area contributed by atoms with Gasteiger partial charge < -0.3 is 11.1 Å². The molecule has 39 heavy (non-hydrogen) atoms. The number of halogens is 1. The number of nitrogens with zero attached hydrogens (tertiary/aromatic N) is 2. The second-order valence-electron chi connectivity index (χ2n) is 11.2. The zero-order valence-electron chi connectivity index (χ0n) is 23.0. The maximum Gasteiger partial charge on any atom is 0.332 e. The molecule has 9 heteroatoms. The lowest BCUT2D eigenvalue weighted by Crippen LogP contribution is -2.53. The Kier molecular flexibility index (Phi) is 8.09. The minimum absolute atomic E-state index is 0.0811. The molecule has 8 nitrogen and oxygen atoms in total. The third-order valence-electron chi connectivity index (χ3n) is 7.82. The van der Waals surface area contributed by atoms with Crippen LogP contribution in [0.5, 0.6) is 0 Å². The maximum absolute atomic E-state index is 14.2. The molecule has 1 heterocycles. The molecule has 2 aromatic carbocycles. The number of nitrogens with one attached hydrogen (secondary N) is 1. The second kappa shape index (κ2) is 11.2. The van der Waals surface area contributed by atoms with Crippen LogP contribution in [0.3, 0.4) is 0 Å². The molecule has 0 radical (unpaired) electrons. The first kappa shape index (κ1) is 28.3.